The highest BCUT2D eigenvalue weighted by molar-refractivity contribution is 6.32. The normalized spacial score (nSPS) is 10.3. The van der Waals surface area contributed by atoms with E-state index in [1.54, 1.807) is 19.1 Å². The second-order valence-corrected chi connectivity index (χ2v) is 4.51. The predicted molar refractivity (Wildman–Crippen MR) is 80.2 cm³/mol. The Morgan fingerprint density at radius 2 is 2.20 bits per heavy atom. The molecule has 5 heteroatoms. The molecule has 0 heterocycles. The molecule has 0 radical (unpaired) electrons. The van der Waals surface area contributed by atoms with Gasteiger partial charge in [-0.05, 0) is 19.1 Å². The first kappa shape index (κ1) is 16.5. The summed E-state index contributed by atoms with van der Waals surface area (Å²) in [6, 6.07) is 7.30. The Labute approximate surface area is 124 Å². The maximum absolute atomic E-state index is 11.5. The van der Waals surface area contributed by atoms with Crippen molar-refractivity contribution in [2.24, 2.45) is 0 Å². The molecule has 0 aliphatic rings. The summed E-state index contributed by atoms with van der Waals surface area (Å²) in [5, 5.41) is 0.577. The molecule has 0 atom stereocenters. The minimum atomic E-state index is -0.243. The summed E-state index contributed by atoms with van der Waals surface area (Å²) in [6.07, 6.45) is 1.74. The molecule has 0 bridgehead atoms. The molecule has 0 aliphatic heterocycles. The van der Waals surface area contributed by atoms with Crippen LogP contribution in [0.5, 0.6) is 5.75 Å². The van der Waals surface area contributed by atoms with Crippen molar-refractivity contribution in [3.05, 3.63) is 41.9 Å². The second-order valence-electron chi connectivity index (χ2n) is 4.11. The lowest BCUT2D eigenvalue weighted by Crippen LogP contribution is -2.34. The maximum Gasteiger partial charge on any atom is 0.320 e. The van der Waals surface area contributed by atoms with E-state index in [1.165, 1.54) is 0 Å². The fourth-order valence-electron chi connectivity index (χ4n) is 1.65. The molecule has 1 aromatic carbocycles. The summed E-state index contributed by atoms with van der Waals surface area (Å²) < 4.78 is 10.5. The molecule has 4 nitrogen and oxygen atoms in total. The Bertz CT molecular complexity index is 437. The van der Waals surface area contributed by atoms with E-state index in [0.29, 0.717) is 37.1 Å². The second kappa shape index (κ2) is 9.39. The van der Waals surface area contributed by atoms with Crippen molar-refractivity contribution >= 4 is 17.6 Å². The minimum Gasteiger partial charge on any atom is -0.491 e. The van der Waals surface area contributed by atoms with Crippen LogP contribution in [-0.2, 0) is 9.53 Å². The van der Waals surface area contributed by atoms with Gasteiger partial charge in [-0.2, -0.15) is 0 Å². The van der Waals surface area contributed by atoms with Gasteiger partial charge in [0.1, 0.15) is 12.4 Å². The number of hydrogen-bond donors (Lipinski definition) is 0. The number of benzene rings is 1. The summed E-state index contributed by atoms with van der Waals surface area (Å²) in [7, 11) is 0. The highest BCUT2D eigenvalue weighted by atomic mass is 35.5. The third-order valence-electron chi connectivity index (χ3n) is 2.55. The maximum atomic E-state index is 11.5. The van der Waals surface area contributed by atoms with Crippen molar-refractivity contribution in [2.45, 2.75) is 6.92 Å². The van der Waals surface area contributed by atoms with Crippen molar-refractivity contribution in [2.75, 3.05) is 32.8 Å². The molecule has 0 saturated carbocycles. The lowest BCUT2D eigenvalue weighted by molar-refractivity contribution is -0.144. The van der Waals surface area contributed by atoms with Crippen LogP contribution in [0, 0.1) is 0 Å². The SMILES string of the molecule is C=CCN(CCOc1ccccc1Cl)CC(=O)OCC. The van der Waals surface area contributed by atoms with Gasteiger partial charge >= 0.3 is 5.97 Å². The summed E-state index contributed by atoms with van der Waals surface area (Å²) in [6.45, 7) is 7.72. The number of ether oxygens (including phenoxy) is 2. The Hall–Kier alpha value is -1.52. The number of hydrogen-bond acceptors (Lipinski definition) is 4. The van der Waals surface area contributed by atoms with E-state index in [4.69, 9.17) is 21.1 Å². The summed E-state index contributed by atoms with van der Waals surface area (Å²) in [4.78, 5) is 13.4. The van der Waals surface area contributed by atoms with Gasteiger partial charge < -0.3 is 9.47 Å². The first-order valence-electron chi connectivity index (χ1n) is 6.53. The lowest BCUT2D eigenvalue weighted by Gasteiger charge is -2.19. The Morgan fingerprint density at radius 1 is 1.45 bits per heavy atom. The number of nitrogens with zero attached hydrogens (tertiary/aromatic N) is 1. The first-order valence-corrected chi connectivity index (χ1v) is 6.91. The lowest BCUT2D eigenvalue weighted by atomic mass is 10.3. The summed E-state index contributed by atoms with van der Waals surface area (Å²) in [5.41, 5.74) is 0. The highest BCUT2D eigenvalue weighted by Gasteiger charge is 2.10. The number of esters is 1. The number of carbonyl (C=O) groups is 1. The van der Waals surface area contributed by atoms with Gasteiger partial charge in [-0.25, -0.2) is 0 Å². The van der Waals surface area contributed by atoms with Gasteiger partial charge in [0.25, 0.3) is 0 Å². The zero-order chi connectivity index (χ0) is 14.8. The molecule has 0 N–H and O–H groups in total. The van der Waals surface area contributed by atoms with Crippen LogP contribution in [-0.4, -0.2) is 43.7 Å². The molecule has 0 fully saturated rings. The van der Waals surface area contributed by atoms with E-state index >= 15 is 0 Å². The van der Waals surface area contributed by atoms with Crippen molar-refractivity contribution < 1.29 is 14.3 Å². The third-order valence-corrected chi connectivity index (χ3v) is 2.86. The molecular formula is C15H20ClNO3. The average Bonchev–Trinajstić information content (AvgIpc) is 2.41. The monoisotopic (exact) mass is 297 g/mol. The number of halogens is 1. The van der Waals surface area contributed by atoms with E-state index in [1.807, 2.05) is 23.1 Å². The van der Waals surface area contributed by atoms with Gasteiger partial charge in [0.15, 0.2) is 0 Å². The minimum absolute atomic E-state index is 0.228. The highest BCUT2D eigenvalue weighted by Crippen LogP contribution is 2.22. The van der Waals surface area contributed by atoms with Crippen molar-refractivity contribution in [3.8, 4) is 5.75 Å². The van der Waals surface area contributed by atoms with Gasteiger partial charge in [-0.1, -0.05) is 29.8 Å². The van der Waals surface area contributed by atoms with Crippen LogP contribution in [0.15, 0.2) is 36.9 Å². The quantitative estimate of drug-likeness (QED) is 0.519. The number of carbonyl (C=O) groups excluding carboxylic acids is 1. The number of para-hydroxylation sites is 1. The van der Waals surface area contributed by atoms with Crippen molar-refractivity contribution in [1.29, 1.82) is 0 Å². The third kappa shape index (κ3) is 6.08. The fraction of sp³-hybridized carbons (Fsp3) is 0.400. The molecule has 0 aliphatic carbocycles. The fourth-order valence-corrected chi connectivity index (χ4v) is 1.84. The smallest absolute Gasteiger partial charge is 0.320 e. The van der Waals surface area contributed by atoms with E-state index in [0.717, 1.165) is 0 Å². The van der Waals surface area contributed by atoms with Gasteiger partial charge in [0, 0.05) is 13.1 Å². The van der Waals surface area contributed by atoms with Gasteiger partial charge in [-0.15, -0.1) is 6.58 Å². The Kier molecular flexibility index (Phi) is 7.77. The van der Waals surface area contributed by atoms with Gasteiger partial charge in [0.2, 0.25) is 0 Å². The van der Waals surface area contributed by atoms with E-state index in [-0.39, 0.29) is 12.5 Å². The van der Waals surface area contributed by atoms with Crippen molar-refractivity contribution in [1.82, 2.24) is 4.90 Å². The predicted octanol–water partition coefficient (Wildman–Crippen LogP) is 2.77. The van der Waals surface area contributed by atoms with Gasteiger partial charge in [0.05, 0.1) is 18.2 Å². The summed E-state index contributed by atoms with van der Waals surface area (Å²) in [5.74, 6) is 0.399. The Balaban J connectivity index is 2.40. The van der Waals surface area contributed by atoms with E-state index < -0.39 is 0 Å². The zero-order valence-corrected chi connectivity index (χ0v) is 12.4. The van der Waals surface area contributed by atoms with Crippen molar-refractivity contribution in [3.63, 3.8) is 0 Å². The Morgan fingerprint density at radius 3 is 2.85 bits per heavy atom. The molecule has 20 heavy (non-hydrogen) atoms. The van der Waals surface area contributed by atoms with Crippen LogP contribution in [0.4, 0.5) is 0 Å². The van der Waals surface area contributed by atoms with Crippen LogP contribution in [0.3, 0.4) is 0 Å². The largest absolute Gasteiger partial charge is 0.491 e. The van der Waals surface area contributed by atoms with E-state index in [9.17, 15) is 4.79 Å². The van der Waals surface area contributed by atoms with Crippen LogP contribution in [0.2, 0.25) is 5.02 Å². The molecule has 0 unspecified atom stereocenters. The summed E-state index contributed by atoms with van der Waals surface area (Å²) >= 11 is 6.00. The average molecular weight is 298 g/mol. The van der Waals surface area contributed by atoms with E-state index in [2.05, 4.69) is 6.58 Å². The molecule has 0 spiro atoms. The van der Waals surface area contributed by atoms with Crippen LogP contribution < -0.4 is 4.74 Å². The van der Waals surface area contributed by atoms with Gasteiger partial charge in [-0.3, -0.25) is 9.69 Å². The molecule has 1 rings (SSSR count). The molecular weight excluding hydrogens is 278 g/mol. The topological polar surface area (TPSA) is 38.8 Å². The van der Waals surface area contributed by atoms with Crippen LogP contribution >= 0.6 is 11.6 Å². The molecule has 110 valence electrons. The molecule has 0 amide bonds. The number of rotatable bonds is 9. The molecule has 1 aromatic rings. The standard InChI is InChI=1S/C15H20ClNO3/c1-3-9-17(12-15(18)19-4-2)10-11-20-14-8-6-5-7-13(14)16/h3,5-8H,1,4,9-12H2,2H3. The molecule has 0 aromatic heterocycles. The van der Waals surface area contributed by atoms with Crippen LogP contribution in [0.1, 0.15) is 6.92 Å². The van der Waals surface area contributed by atoms with Crippen LogP contribution in [0.25, 0.3) is 0 Å². The molecule has 0 saturated heterocycles. The zero-order valence-electron chi connectivity index (χ0n) is 11.7. The first-order chi connectivity index (χ1) is 9.67.